The van der Waals surface area contributed by atoms with Crippen LogP contribution in [0.1, 0.15) is 25.2 Å². The SMILES string of the molecule is CO[C@H]1C[C@@H](CN2CCCC2)N(Cc2nc(-c3ccoc3)no2)C1. The molecule has 7 heteroatoms. The second kappa shape index (κ2) is 7.04. The van der Waals surface area contributed by atoms with Crippen LogP contribution in [0.3, 0.4) is 0 Å². The summed E-state index contributed by atoms with van der Waals surface area (Å²) in [7, 11) is 1.80. The lowest BCUT2D eigenvalue weighted by molar-refractivity contribution is 0.105. The van der Waals surface area contributed by atoms with Crippen molar-refractivity contribution in [3.8, 4) is 11.4 Å². The smallest absolute Gasteiger partial charge is 0.241 e. The number of furan rings is 1. The van der Waals surface area contributed by atoms with E-state index >= 15 is 0 Å². The third kappa shape index (κ3) is 3.38. The summed E-state index contributed by atoms with van der Waals surface area (Å²) in [5.41, 5.74) is 0.842. The van der Waals surface area contributed by atoms with Crippen LogP contribution >= 0.6 is 0 Å². The first kappa shape index (κ1) is 15.8. The van der Waals surface area contributed by atoms with E-state index in [1.807, 2.05) is 6.07 Å². The molecule has 0 aliphatic carbocycles. The van der Waals surface area contributed by atoms with Crippen molar-refractivity contribution < 1.29 is 13.7 Å². The van der Waals surface area contributed by atoms with E-state index in [4.69, 9.17) is 13.7 Å². The highest BCUT2D eigenvalue weighted by molar-refractivity contribution is 5.51. The topological polar surface area (TPSA) is 67.8 Å². The molecule has 0 amide bonds. The predicted octanol–water partition coefficient (Wildman–Crippen LogP) is 2.01. The molecule has 0 bridgehead atoms. The van der Waals surface area contributed by atoms with Crippen LogP contribution in [0.25, 0.3) is 11.4 Å². The van der Waals surface area contributed by atoms with E-state index < -0.39 is 0 Å². The van der Waals surface area contributed by atoms with Gasteiger partial charge in [-0.05, 0) is 38.4 Å². The summed E-state index contributed by atoms with van der Waals surface area (Å²) in [6, 6.07) is 2.32. The molecule has 2 aliphatic rings. The van der Waals surface area contributed by atoms with Gasteiger partial charge in [-0.2, -0.15) is 4.98 Å². The quantitative estimate of drug-likeness (QED) is 0.801. The van der Waals surface area contributed by atoms with Crippen LogP contribution in [-0.4, -0.2) is 65.4 Å². The first-order chi connectivity index (χ1) is 11.8. The second-order valence-electron chi connectivity index (χ2n) is 6.71. The van der Waals surface area contributed by atoms with Crippen LogP contribution in [0.15, 0.2) is 27.5 Å². The highest BCUT2D eigenvalue weighted by atomic mass is 16.5. The third-order valence-electron chi connectivity index (χ3n) is 5.08. The van der Waals surface area contributed by atoms with Crippen molar-refractivity contribution in [3.63, 3.8) is 0 Å². The minimum Gasteiger partial charge on any atom is -0.472 e. The van der Waals surface area contributed by atoms with Crippen molar-refractivity contribution in [1.82, 2.24) is 19.9 Å². The van der Waals surface area contributed by atoms with Crippen molar-refractivity contribution >= 4 is 0 Å². The van der Waals surface area contributed by atoms with Crippen molar-refractivity contribution in [2.45, 2.75) is 38.0 Å². The lowest BCUT2D eigenvalue weighted by Crippen LogP contribution is -2.39. The van der Waals surface area contributed by atoms with Crippen molar-refractivity contribution in [3.05, 3.63) is 24.5 Å². The Morgan fingerprint density at radius 3 is 2.96 bits per heavy atom. The number of hydrogen-bond donors (Lipinski definition) is 0. The molecule has 7 nitrogen and oxygen atoms in total. The zero-order valence-corrected chi connectivity index (χ0v) is 14.1. The third-order valence-corrected chi connectivity index (χ3v) is 5.08. The molecule has 0 unspecified atom stereocenters. The first-order valence-electron chi connectivity index (χ1n) is 8.66. The molecule has 2 aromatic heterocycles. The van der Waals surface area contributed by atoms with E-state index in [0.717, 1.165) is 25.1 Å². The highest BCUT2D eigenvalue weighted by Gasteiger charge is 2.34. The molecule has 4 rings (SSSR count). The Balaban J connectivity index is 1.42. The molecule has 0 N–H and O–H groups in total. The molecule has 2 aromatic rings. The van der Waals surface area contributed by atoms with E-state index in [0.29, 0.717) is 24.3 Å². The zero-order valence-electron chi connectivity index (χ0n) is 14.1. The fourth-order valence-electron chi connectivity index (χ4n) is 3.76. The summed E-state index contributed by atoms with van der Waals surface area (Å²) in [6.07, 6.45) is 7.23. The van der Waals surface area contributed by atoms with Crippen LogP contribution in [0, 0.1) is 0 Å². The Labute approximate surface area is 141 Å². The molecule has 2 atom stereocenters. The number of aromatic nitrogens is 2. The lowest BCUT2D eigenvalue weighted by Gasteiger charge is -2.26. The normalized spacial score (nSPS) is 25.7. The minimum atomic E-state index is 0.286. The molecule has 2 aliphatic heterocycles. The maximum Gasteiger partial charge on any atom is 0.241 e. The highest BCUT2D eigenvalue weighted by Crippen LogP contribution is 2.25. The number of ether oxygens (including phenoxy) is 1. The Bertz CT molecular complexity index is 636. The summed E-state index contributed by atoms with van der Waals surface area (Å²) in [5.74, 6) is 1.23. The minimum absolute atomic E-state index is 0.286. The first-order valence-corrected chi connectivity index (χ1v) is 8.66. The molecule has 0 aromatic carbocycles. The maximum absolute atomic E-state index is 5.60. The van der Waals surface area contributed by atoms with Gasteiger partial charge in [0.1, 0.15) is 6.26 Å². The van der Waals surface area contributed by atoms with Gasteiger partial charge in [-0.25, -0.2) is 0 Å². The van der Waals surface area contributed by atoms with Crippen LogP contribution in [0.5, 0.6) is 0 Å². The number of rotatable bonds is 6. The molecule has 4 heterocycles. The van der Waals surface area contributed by atoms with Gasteiger partial charge in [0.25, 0.3) is 0 Å². The summed E-state index contributed by atoms with van der Waals surface area (Å²) < 4.78 is 16.1. The van der Waals surface area contributed by atoms with E-state index in [1.165, 1.54) is 25.9 Å². The predicted molar refractivity (Wildman–Crippen MR) is 87.3 cm³/mol. The van der Waals surface area contributed by atoms with Gasteiger partial charge in [-0.15, -0.1) is 0 Å². The monoisotopic (exact) mass is 332 g/mol. The molecule has 0 spiro atoms. The number of nitrogens with zero attached hydrogens (tertiary/aromatic N) is 4. The average Bonchev–Trinajstić information content (AvgIpc) is 3.36. The number of hydrogen-bond acceptors (Lipinski definition) is 7. The Hall–Kier alpha value is -1.70. The second-order valence-corrected chi connectivity index (χ2v) is 6.71. The largest absolute Gasteiger partial charge is 0.472 e. The van der Waals surface area contributed by atoms with Crippen LogP contribution in [-0.2, 0) is 11.3 Å². The molecular weight excluding hydrogens is 308 g/mol. The van der Waals surface area contributed by atoms with Gasteiger partial charge < -0.3 is 18.6 Å². The Morgan fingerprint density at radius 2 is 2.21 bits per heavy atom. The van der Waals surface area contributed by atoms with Crippen molar-refractivity contribution in [2.24, 2.45) is 0 Å². The molecular formula is C17H24N4O3. The molecule has 0 saturated carbocycles. The van der Waals surface area contributed by atoms with Crippen LogP contribution < -0.4 is 0 Å². The van der Waals surface area contributed by atoms with Gasteiger partial charge in [0, 0.05) is 26.2 Å². The molecule has 2 saturated heterocycles. The number of likely N-dealkylation sites (tertiary alicyclic amines) is 2. The Morgan fingerprint density at radius 1 is 1.33 bits per heavy atom. The number of methoxy groups -OCH3 is 1. The fourth-order valence-corrected chi connectivity index (χ4v) is 3.76. The van der Waals surface area contributed by atoms with Gasteiger partial charge in [0.05, 0.1) is 24.5 Å². The van der Waals surface area contributed by atoms with Gasteiger partial charge in [0.2, 0.25) is 11.7 Å². The van der Waals surface area contributed by atoms with E-state index in [2.05, 4.69) is 19.9 Å². The van der Waals surface area contributed by atoms with Gasteiger partial charge in [0.15, 0.2) is 0 Å². The summed E-state index contributed by atoms with van der Waals surface area (Å²) in [4.78, 5) is 9.47. The molecule has 2 fully saturated rings. The van der Waals surface area contributed by atoms with E-state index in [9.17, 15) is 0 Å². The summed E-state index contributed by atoms with van der Waals surface area (Å²) >= 11 is 0. The van der Waals surface area contributed by atoms with Crippen LogP contribution in [0.2, 0.25) is 0 Å². The zero-order chi connectivity index (χ0) is 16.4. The van der Waals surface area contributed by atoms with E-state index in [1.54, 1.807) is 19.6 Å². The fraction of sp³-hybridized carbons (Fsp3) is 0.647. The Kier molecular flexibility index (Phi) is 4.64. The van der Waals surface area contributed by atoms with Gasteiger partial charge >= 0.3 is 0 Å². The summed E-state index contributed by atoms with van der Waals surface area (Å²) in [5, 5.41) is 4.05. The van der Waals surface area contributed by atoms with Gasteiger partial charge in [-0.1, -0.05) is 5.16 Å². The lowest BCUT2D eigenvalue weighted by atomic mass is 10.2. The average molecular weight is 332 g/mol. The van der Waals surface area contributed by atoms with Crippen molar-refractivity contribution in [2.75, 3.05) is 33.3 Å². The van der Waals surface area contributed by atoms with Crippen LogP contribution in [0.4, 0.5) is 0 Å². The molecule has 0 radical (unpaired) electrons. The molecule has 24 heavy (non-hydrogen) atoms. The molecule has 130 valence electrons. The standard InChI is InChI=1S/C17H24N4O3/c1-22-15-8-14(9-20-5-2-3-6-20)21(10-15)11-16-18-17(19-24-16)13-4-7-23-12-13/h4,7,12,14-15H,2-3,5-6,8-11H2,1H3/t14-,15-/m0/s1. The van der Waals surface area contributed by atoms with Gasteiger partial charge in [-0.3, -0.25) is 4.90 Å². The van der Waals surface area contributed by atoms with Crippen molar-refractivity contribution in [1.29, 1.82) is 0 Å². The van der Waals surface area contributed by atoms with E-state index in [-0.39, 0.29) is 6.10 Å². The maximum atomic E-state index is 5.60. The summed E-state index contributed by atoms with van der Waals surface area (Å²) in [6.45, 7) is 5.12.